The molecule has 0 spiro atoms. The lowest BCUT2D eigenvalue weighted by Gasteiger charge is -2.14. The zero-order chi connectivity index (χ0) is 7.68. The Balaban J connectivity index is 1.98. The Morgan fingerprint density at radius 2 is 2.36 bits per heavy atom. The number of hydrogen-bond acceptors (Lipinski definition) is 3. The number of nitrogens with one attached hydrogen (secondary N) is 2. The lowest BCUT2D eigenvalue weighted by molar-refractivity contribution is 0.779. The molecule has 1 saturated carbocycles. The quantitative estimate of drug-likeness (QED) is 0.521. The second-order valence-electron chi connectivity index (χ2n) is 3.04. The Morgan fingerprint density at radius 3 is 3.00 bits per heavy atom. The van der Waals surface area contributed by atoms with Crippen LogP contribution in [0.3, 0.4) is 0 Å². The minimum atomic E-state index is 0.686. The molecule has 3 heteroatoms. The lowest BCUT2D eigenvalue weighted by atomic mass is 10.2. The molecule has 11 heavy (non-hydrogen) atoms. The van der Waals surface area contributed by atoms with Gasteiger partial charge in [0.1, 0.15) is 0 Å². The van der Waals surface area contributed by atoms with E-state index in [4.69, 9.17) is 5.73 Å². The molecule has 0 unspecified atom stereocenters. The standard InChI is InChI=1S/C8H13N3/c9-7-5-10-4-3-8(7)11-6-1-2-6/h3,5-6,10-11H,1-2,4,9H2. The van der Waals surface area contributed by atoms with Crippen LogP contribution < -0.4 is 16.4 Å². The summed E-state index contributed by atoms with van der Waals surface area (Å²) < 4.78 is 0. The average molecular weight is 151 g/mol. The molecule has 0 radical (unpaired) electrons. The smallest absolute Gasteiger partial charge is 0.0706 e. The second kappa shape index (κ2) is 2.49. The number of nitrogens with two attached hydrogens (primary N) is 1. The van der Waals surface area contributed by atoms with Gasteiger partial charge in [0, 0.05) is 18.8 Å². The van der Waals surface area contributed by atoms with Crippen molar-refractivity contribution in [3.05, 3.63) is 23.7 Å². The maximum absolute atomic E-state index is 5.72. The molecule has 0 aromatic heterocycles. The van der Waals surface area contributed by atoms with Crippen molar-refractivity contribution in [1.82, 2.24) is 10.6 Å². The molecule has 3 nitrogen and oxygen atoms in total. The minimum Gasteiger partial charge on any atom is -0.396 e. The van der Waals surface area contributed by atoms with Crippen LogP contribution in [0, 0.1) is 0 Å². The van der Waals surface area contributed by atoms with E-state index < -0.39 is 0 Å². The van der Waals surface area contributed by atoms with Gasteiger partial charge in [-0.3, -0.25) is 0 Å². The summed E-state index contributed by atoms with van der Waals surface area (Å²) in [7, 11) is 0. The van der Waals surface area contributed by atoms with Gasteiger partial charge >= 0.3 is 0 Å². The van der Waals surface area contributed by atoms with Gasteiger partial charge in [0.25, 0.3) is 0 Å². The summed E-state index contributed by atoms with van der Waals surface area (Å²) >= 11 is 0. The Labute approximate surface area is 66.3 Å². The van der Waals surface area contributed by atoms with Crippen LogP contribution >= 0.6 is 0 Å². The predicted molar refractivity (Wildman–Crippen MR) is 44.5 cm³/mol. The summed E-state index contributed by atoms with van der Waals surface area (Å²) in [4.78, 5) is 0. The highest BCUT2D eigenvalue weighted by molar-refractivity contribution is 5.30. The summed E-state index contributed by atoms with van der Waals surface area (Å²) in [5.41, 5.74) is 7.65. The van der Waals surface area contributed by atoms with Crippen LogP contribution in [0.1, 0.15) is 12.8 Å². The zero-order valence-corrected chi connectivity index (χ0v) is 6.43. The highest BCUT2D eigenvalue weighted by Gasteiger charge is 2.22. The first-order chi connectivity index (χ1) is 5.36. The molecular formula is C8H13N3. The SMILES string of the molecule is NC1=CNCC=C1NC1CC1. The average Bonchev–Trinajstić information content (AvgIpc) is 2.78. The molecule has 0 atom stereocenters. The molecule has 1 aliphatic carbocycles. The van der Waals surface area contributed by atoms with Gasteiger partial charge in [-0.05, 0) is 18.9 Å². The van der Waals surface area contributed by atoms with Crippen molar-refractivity contribution >= 4 is 0 Å². The van der Waals surface area contributed by atoms with Crippen molar-refractivity contribution in [2.45, 2.75) is 18.9 Å². The molecule has 0 amide bonds. The molecule has 1 heterocycles. The maximum Gasteiger partial charge on any atom is 0.0706 e. The summed E-state index contributed by atoms with van der Waals surface area (Å²) in [6.45, 7) is 0.885. The third-order valence-corrected chi connectivity index (χ3v) is 1.93. The van der Waals surface area contributed by atoms with Crippen LogP contribution in [0.5, 0.6) is 0 Å². The van der Waals surface area contributed by atoms with Gasteiger partial charge in [0.05, 0.1) is 11.4 Å². The van der Waals surface area contributed by atoms with E-state index in [1.165, 1.54) is 12.8 Å². The van der Waals surface area contributed by atoms with E-state index in [-0.39, 0.29) is 0 Å². The van der Waals surface area contributed by atoms with Crippen LogP contribution in [0.4, 0.5) is 0 Å². The van der Waals surface area contributed by atoms with E-state index in [1.807, 2.05) is 6.20 Å². The normalized spacial score (nSPS) is 23.3. The summed E-state index contributed by atoms with van der Waals surface area (Å²) in [6.07, 6.45) is 6.52. The fourth-order valence-corrected chi connectivity index (χ4v) is 1.12. The van der Waals surface area contributed by atoms with Crippen LogP contribution in [0.25, 0.3) is 0 Å². The highest BCUT2D eigenvalue weighted by Crippen LogP contribution is 2.21. The lowest BCUT2D eigenvalue weighted by Crippen LogP contribution is -2.26. The van der Waals surface area contributed by atoms with Crippen molar-refractivity contribution in [1.29, 1.82) is 0 Å². The van der Waals surface area contributed by atoms with Gasteiger partial charge in [-0.1, -0.05) is 0 Å². The molecule has 2 aliphatic rings. The monoisotopic (exact) mass is 151 g/mol. The van der Waals surface area contributed by atoms with Crippen LogP contribution in [0.2, 0.25) is 0 Å². The largest absolute Gasteiger partial charge is 0.396 e. The molecule has 1 fully saturated rings. The number of dihydropyridines is 1. The molecule has 60 valence electrons. The van der Waals surface area contributed by atoms with E-state index in [1.54, 1.807) is 0 Å². The Morgan fingerprint density at radius 1 is 1.55 bits per heavy atom. The Hall–Kier alpha value is -1.12. The van der Waals surface area contributed by atoms with E-state index in [0.29, 0.717) is 6.04 Å². The van der Waals surface area contributed by atoms with E-state index in [0.717, 1.165) is 17.9 Å². The first kappa shape index (κ1) is 6.58. The van der Waals surface area contributed by atoms with Gasteiger partial charge in [-0.2, -0.15) is 0 Å². The van der Waals surface area contributed by atoms with Gasteiger partial charge in [-0.25, -0.2) is 0 Å². The molecule has 0 aromatic rings. The Bertz CT molecular complexity index is 213. The van der Waals surface area contributed by atoms with Crippen LogP contribution in [-0.4, -0.2) is 12.6 Å². The fourth-order valence-electron chi connectivity index (χ4n) is 1.12. The van der Waals surface area contributed by atoms with Gasteiger partial charge in [0.15, 0.2) is 0 Å². The molecule has 0 saturated heterocycles. The molecule has 0 bridgehead atoms. The molecule has 1 aliphatic heterocycles. The van der Waals surface area contributed by atoms with Gasteiger partial charge in [0.2, 0.25) is 0 Å². The maximum atomic E-state index is 5.72. The molecule has 4 N–H and O–H groups in total. The second-order valence-corrected chi connectivity index (χ2v) is 3.04. The first-order valence-electron chi connectivity index (χ1n) is 4.02. The van der Waals surface area contributed by atoms with Crippen molar-refractivity contribution in [3.8, 4) is 0 Å². The summed E-state index contributed by atoms with van der Waals surface area (Å²) in [5, 5.41) is 6.43. The first-order valence-corrected chi connectivity index (χ1v) is 4.02. The third-order valence-electron chi connectivity index (χ3n) is 1.93. The van der Waals surface area contributed by atoms with E-state index >= 15 is 0 Å². The fraction of sp³-hybridized carbons (Fsp3) is 0.500. The molecule has 2 rings (SSSR count). The van der Waals surface area contributed by atoms with Crippen molar-refractivity contribution in [3.63, 3.8) is 0 Å². The summed E-state index contributed by atoms with van der Waals surface area (Å²) in [5.74, 6) is 0. The van der Waals surface area contributed by atoms with Crippen molar-refractivity contribution in [2.24, 2.45) is 5.73 Å². The highest BCUT2D eigenvalue weighted by atomic mass is 15.0. The molecular weight excluding hydrogens is 138 g/mol. The number of hydrogen-bond donors (Lipinski definition) is 3. The minimum absolute atomic E-state index is 0.686. The number of rotatable bonds is 2. The third kappa shape index (κ3) is 1.48. The molecule has 0 aromatic carbocycles. The summed E-state index contributed by atoms with van der Waals surface area (Å²) in [6, 6.07) is 0.686. The van der Waals surface area contributed by atoms with Crippen molar-refractivity contribution in [2.75, 3.05) is 6.54 Å². The van der Waals surface area contributed by atoms with Gasteiger partial charge < -0.3 is 16.4 Å². The Kier molecular flexibility index (Phi) is 1.49. The van der Waals surface area contributed by atoms with Gasteiger partial charge in [-0.15, -0.1) is 0 Å². The van der Waals surface area contributed by atoms with E-state index in [9.17, 15) is 0 Å². The van der Waals surface area contributed by atoms with E-state index in [2.05, 4.69) is 16.7 Å². The predicted octanol–water partition coefficient (Wildman–Crippen LogP) is 0.0256. The van der Waals surface area contributed by atoms with Crippen LogP contribution in [0.15, 0.2) is 23.7 Å². The van der Waals surface area contributed by atoms with Crippen molar-refractivity contribution < 1.29 is 0 Å². The van der Waals surface area contributed by atoms with Crippen LogP contribution in [-0.2, 0) is 0 Å². The zero-order valence-electron chi connectivity index (χ0n) is 6.43. The topological polar surface area (TPSA) is 50.1 Å².